The summed E-state index contributed by atoms with van der Waals surface area (Å²) in [5.41, 5.74) is 0. The van der Waals surface area contributed by atoms with Gasteiger partial charge in [-0.1, -0.05) is 0 Å². The van der Waals surface area contributed by atoms with Gasteiger partial charge in [0, 0.05) is 12.5 Å². The highest BCUT2D eigenvalue weighted by molar-refractivity contribution is 7.88. The molecule has 1 aliphatic heterocycles. The molecule has 1 saturated carbocycles. The lowest BCUT2D eigenvalue weighted by Gasteiger charge is -2.29. The molecule has 102 valence electrons. The smallest absolute Gasteiger partial charge is 0.208 e. The lowest BCUT2D eigenvalue weighted by molar-refractivity contribution is -0.223. The van der Waals surface area contributed by atoms with E-state index < -0.39 is 10.0 Å². The van der Waals surface area contributed by atoms with Gasteiger partial charge in [-0.05, 0) is 43.8 Å². The number of hydrogen-bond donors (Lipinski definition) is 1. The van der Waals surface area contributed by atoms with Crippen molar-refractivity contribution in [3.05, 3.63) is 24.2 Å². The highest BCUT2D eigenvalue weighted by Gasteiger charge is 2.26. The Morgan fingerprint density at radius 2 is 2.06 bits per heavy atom. The number of sulfonamides is 1. The van der Waals surface area contributed by atoms with Crippen molar-refractivity contribution in [2.24, 2.45) is 11.8 Å². The van der Waals surface area contributed by atoms with Crippen LogP contribution in [0.5, 0.6) is 0 Å². The van der Waals surface area contributed by atoms with Crippen molar-refractivity contribution in [2.75, 3.05) is 12.8 Å². The molecule has 5 nitrogen and oxygen atoms in total. The van der Waals surface area contributed by atoms with E-state index in [2.05, 4.69) is 4.72 Å². The van der Waals surface area contributed by atoms with E-state index >= 15 is 0 Å². The first kappa shape index (κ1) is 13.4. The fraction of sp³-hybridized carbons (Fsp3) is 0.667. The number of allylic oxidation sites excluding steroid dienone is 3. The Kier molecular flexibility index (Phi) is 4.29. The van der Waals surface area contributed by atoms with Crippen molar-refractivity contribution >= 4 is 10.0 Å². The molecule has 0 saturated heterocycles. The summed E-state index contributed by atoms with van der Waals surface area (Å²) in [5, 5.41) is 0. The average Bonchev–Trinajstić information content (AvgIpc) is 2.37. The van der Waals surface area contributed by atoms with Gasteiger partial charge in [-0.2, -0.15) is 0 Å². The monoisotopic (exact) mass is 273 g/mol. The maximum Gasteiger partial charge on any atom is 0.208 e. The Bertz CT molecular complexity index is 433. The van der Waals surface area contributed by atoms with E-state index in [1.165, 1.54) is 12.5 Å². The van der Waals surface area contributed by atoms with Gasteiger partial charge in [0.05, 0.1) is 6.26 Å². The van der Waals surface area contributed by atoms with Crippen LogP contribution < -0.4 is 4.72 Å². The number of rotatable bonds is 4. The number of nitrogens with one attached hydrogen (secondary N) is 1. The minimum atomic E-state index is -3.07. The summed E-state index contributed by atoms with van der Waals surface area (Å²) in [6.07, 6.45) is 10.5. The van der Waals surface area contributed by atoms with Gasteiger partial charge in [0.15, 0.2) is 5.76 Å². The molecule has 0 aromatic heterocycles. The van der Waals surface area contributed by atoms with Gasteiger partial charge in [0.25, 0.3) is 0 Å². The normalized spacial score (nSPS) is 28.2. The largest absolute Gasteiger partial charge is 0.298 e. The van der Waals surface area contributed by atoms with E-state index in [1.54, 1.807) is 0 Å². The van der Waals surface area contributed by atoms with E-state index in [0.717, 1.165) is 31.4 Å². The zero-order valence-electron chi connectivity index (χ0n) is 10.5. The van der Waals surface area contributed by atoms with Crippen LogP contribution in [0.15, 0.2) is 24.2 Å². The van der Waals surface area contributed by atoms with Gasteiger partial charge in [-0.3, -0.25) is 9.78 Å². The standard InChI is InChI=1S/C12H19NO4S/c1-18(14,15)13-9-10-4-6-11(7-5-10)12-3-2-8-16-17-12/h2-3,8,10-11,13H,4-7,9H2,1H3. The van der Waals surface area contributed by atoms with Gasteiger partial charge >= 0.3 is 0 Å². The zero-order chi connectivity index (χ0) is 13.0. The summed E-state index contributed by atoms with van der Waals surface area (Å²) < 4.78 is 24.6. The Balaban J connectivity index is 1.77. The molecule has 1 heterocycles. The van der Waals surface area contributed by atoms with Crippen LogP contribution in [-0.4, -0.2) is 21.2 Å². The van der Waals surface area contributed by atoms with Crippen LogP contribution in [0, 0.1) is 11.8 Å². The SMILES string of the molecule is CS(=O)(=O)NCC1CCC(C2=CC=COO2)CC1. The molecule has 18 heavy (non-hydrogen) atoms. The van der Waals surface area contributed by atoms with Gasteiger partial charge < -0.3 is 0 Å². The molecule has 0 atom stereocenters. The van der Waals surface area contributed by atoms with Gasteiger partial charge in [0.1, 0.15) is 6.26 Å². The summed E-state index contributed by atoms with van der Waals surface area (Å²) in [4.78, 5) is 9.94. The summed E-state index contributed by atoms with van der Waals surface area (Å²) in [5.74, 6) is 1.70. The van der Waals surface area contributed by atoms with Crippen molar-refractivity contribution < 1.29 is 18.2 Å². The minimum absolute atomic E-state index is 0.393. The minimum Gasteiger partial charge on any atom is -0.298 e. The molecule has 0 amide bonds. The molecule has 0 unspecified atom stereocenters. The molecular formula is C12H19NO4S. The molecule has 0 radical (unpaired) electrons. The molecule has 0 bridgehead atoms. The van der Waals surface area contributed by atoms with E-state index in [1.807, 2.05) is 12.2 Å². The maximum absolute atomic E-state index is 11.0. The van der Waals surface area contributed by atoms with Crippen molar-refractivity contribution in [1.82, 2.24) is 4.72 Å². The maximum atomic E-state index is 11.0. The fourth-order valence-electron chi connectivity index (χ4n) is 2.40. The van der Waals surface area contributed by atoms with E-state index in [0.29, 0.717) is 18.4 Å². The van der Waals surface area contributed by atoms with Crippen LogP contribution in [-0.2, 0) is 19.8 Å². The first-order valence-electron chi connectivity index (χ1n) is 6.19. The van der Waals surface area contributed by atoms with Crippen LogP contribution >= 0.6 is 0 Å². The van der Waals surface area contributed by atoms with Crippen molar-refractivity contribution in [3.8, 4) is 0 Å². The molecule has 0 spiro atoms. The Hall–Kier alpha value is -1.01. The summed E-state index contributed by atoms with van der Waals surface area (Å²) >= 11 is 0. The predicted molar refractivity (Wildman–Crippen MR) is 67.7 cm³/mol. The second-order valence-electron chi connectivity index (χ2n) is 4.92. The molecule has 6 heteroatoms. The highest BCUT2D eigenvalue weighted by Crippen LogP contribution is 2.34. The third-order valence-corrected chi connectivity index (χ3v) is 4.11. The van der Waals surface area contributed by atoms with Gasteiger partial charge in [-0.15, -0.1) is 0 Å². The van der Waals surface area contributed by atoms with Gasteiger partial charge in [0.2, 0.25) is 10.0 Å². The molecule has 2 aliphatic rings. The summed E-state index contributed by atoms with van der Waals surface area (Å²) in [7, 11) is -3.07. The molecule has 0 aromatic carbocycles. The quantitative estimate of drug-likeness (QED) is 0.792. The van der Waals surface area contributed by atoms with E-state index in [9.17, 15) is 8.42 Å². The number of hydrogen-bond acceptors (Lipinski definition) is 4. The van der Waals surface area contributed by atoms with Crippen molar-refractivity contribution in [1.29, 1.82) is 0 Å². The second-order valence-corrected chi connectivity index (χ2v) is 6.75. The van der Waals surface area contributed by atoms with Crippen molar-refractivity contribution in [3.63, 3.8) is 0 Å². The molecule has 2 rings (SSSR count). The van der Waals surface area contributed by atoms with Crippen LogP contribution in [0.3, 0.4) is 0 Å². The molecular weight excluding hydrogens is 254 g/mol. The Labute approximate surface area is 108 Å². The predicted octanol–water partition coefficient (Wildman–Crippen LogP) is 1.70. The Morgan fingerprint density at radius 1 is 1.33 bits per heavy atom. The topological polar surface area (TPSA) is 64.6 Å². The summed E-state index contributed by atoms with van der Waals surface area (Å²) in [6.45, 7) is 0.544. The second kappa shape index (κ2) is 5.75. The van der Waals surface area contributed by atoms with E-state index in [4.69, 9.17) is 9.78 Å². The third kappa shape index (κ3) is 4.03. The van der Waals surface area contributed by atoms with Crippen LogP contribution in [0.4, 0.5) is 0 Å². The van der Waals surface area contributed by atoms with Crippen LogP contribution in [0.2, 0.25) is 0 Å². The molecule has 1 aliphatic carbocycles. The fourth-order valence-corrected chi connectivity index (χ4v) is 2.94. The molecule has 1 N–H and O–H groups in total. The molecule has 1 fully saturated rings. The lowest BCUT2D eigenvalue weighted by atomic mass is 9.81. The Morgan fingerprint density at radius 3 is 2.61 bits per heavy atom. The van der Waals surface area contributed by atoms with Crippen LogP contribution in [0.1, 0.15) is 25.7 Å². The van der Waals surface area contributed by atoms with Crippen molar-refractivity contribution in [2.45, 2.75) is 25.7 Å². The molecule has 0 aromatic rings. The first-order valence-corrected chi connectivity index (χ1v) is 8.08. The van der Waals surface area contributed by atoms with Gasteiger partial charge in [-0.25, -0.2) is 13.1 Å². The highest BCUT2D eigenvalue weighted by atomic mass is 32.2. The third-order valence-electron chi connectivity index (χ3n) is 3.42. The average molecular weight is 273 g/mol. The van der Waals surface area contributed by atoms with E-state index in [-0.39, 0.29) is 0 Å². The lowest BCUT2D eigenvalue weighted by Crippen LogP contribution is -2.30. The first-order chi connectivity index (χ1) is 8.54. The summed E-state index contributed by atoms with van der Waals surface area (Å²) in [6, 6.07) is 0. The zero-order valence-corrected chi connectivity index (χ0v) is 11.3. The van der Waals surface area contributed by atoms with Crippen LogP contribution in [0.25, 0.3) is 0 Å².